The Morgan fingerprint density at radius 1 is 1.05 bits per heavy atom. The largest absolute Gasteiger partial charge is 0.350 e. The lowest BCUT2D eigenvalue weighted by Crippen LogP contribution is -2.28. The van der Waals surface area contributed by atoms with E-state index < -0.39 is 0 Å². The van der Waals surface area contributed by atoms with E-state index in [1.807, 2.05) is 25.1 Å². The van der Waals surface area contributed by atoms with E-state index in [9.17, 15) is 4.79 Å². The predicted molar refractivity (Wildman–Crippen MR) is 91.9 cm³/mol. The van der Waals surface area contributed by atoms with Gasteiger partial charge in [0.15, 0.2) is 0 Å². The molecule has 0 aromatic heterocycles. The molecule has 22 heavy (non-hydrogen) atoms. The van der Waals surface area contributed by atoms with Crippen LogP contribution in [0.3, 0.4) is 0 Å². The van der Waals surface area contributed by atoms with Crippen molar-refractivity contribution in [3.05, 3.63) is 70.8 Å². The van der Waals surface area contributed by atoms with Crippen LogP contribution in [0.4, 0.5) is 0 Å². The van der Waals surface area contributed by atoms with Gasteiger partial charge in [-0.25, -0.2) is 0 Å². The molecule has 0 bridgehead atoms. The molecule has 116 valence electrons. The van der Waals surface area contributed by atoms with E-state index in [-0.39, 0.29) is 17.9 Å². The fourth-order valence-corrected chi connectivity index (χ4v) is 2.78. The molecule has 0 saturated heterocycles. The van der Waals surface area contributed by atoms with Crippen molar-refractivity contribution in [3.63, 3.8) is 0 Å². The van der Waals surface area contributed by atoms with Crippen molar-refractivity contribution in [3.8, 4) is 0 Å². The Balaban J connectivity index is 1.98. The average molecular weight is 295 g/mol. The summed E-state index contributed by atoms with van der Waals surface area (Å²) in [6, 6.07) is 16.6. The van der Waals surface area contributed by atoms with E-state index >= 15 is 0 Å². The summed E-state index contributed by atoms with van der Waals surface area (Å²) in [4.78, 5) is 12.3. The van der Waals surface area contributed by atoms with E-state index in [0.717, 1.165) is 0 Å². The number of hydrogen-bond acceptors (Lipinski definition) is 1. The molecule has 0 radical (unpaired) electrons. The summed E-state index contributed by atoms with van der Waals surface area (Å²) < 4.78 is 0. The second-order valence-corrected chi connectivity index (χ2v) is 6.17. The van der Waals surface area contributed by atoms with Gasteiger partial charge in [0, 0.05) is 6.42 Å². The first-order chi connectivity index (χ1) is 10.5. The van der Waals surface area contributed by atoms with Crippen LogP contribution >= 0.6 is 0 Å². The van der Waals surface area contributed by atoms with Gasteiger partial charge in [0.2, 0.25) is 5.91 Å². The monoisotopic (exact) mass is 295 g/mol. The maximum atomic E-state index is 12.3. The number of hydrogen-bond donors (Lipinski definition) is 1. The molecular weight excluding hydrogens is 270 g/mol. The van der Waals surface area contributed by atoms with Crippen LogP contribution in [0.2, 0.25) is 0 Å². The third kappa shape index (κ3) is 4.20. The van der Waals surface area contributed by atoms with E-state index in [2.05, 4.69) is 56.4 Å². The van der Waals surface area contributed by atoms with Crippen LogP contribution in [-0.4, -0.2) is 5.91 Å². The molecule has 0 heterocycles. The number of amides is 1. The van der Waals surface area contributed by atoms with Gasteiger partial charge in [0.05, 0.1) is 6.04 Å². The zero-order valence-electron chi connectivity index (χ0n) is 13.9. The highest BCUT2D eigenvalue weighted by Crippen LogP contribution is 2.21. The second-order valence-electron chi connectivity index (χ2n) is 6.17. The third-order valence-electron chi connectivity index (χ3n) is 4.14. The van der Waals surface area contributed by atoms with Gasteiger partial charge in [-0.05, 0) is 43.4 Å². The molecule has 2 rings (SSSR count). The van der Waals surface area contributed by atoms with Crippen LogP contribution in [-0.2, 0) is 4.79 Å². The lowest BCUT2D eigenvalue weighted by molar-refractivity contribution is -0.122. The van der Waals surface area contributed by atoms with Gasteiger partial charge in [0.25, 0.3) is 0 Å². The Labute approximate surface area is 133 Å². The van der Waals surface area contributed by atoms with Gasteiger partial charge in [-0.1, -0.05) is 61.0 Å². The Morgan fingerprint density at radius 2 is 1.73 bits per heavy atom. The first-order valence-electron chi connectivity index (χ1n) is 7.89. The van der Waals surface area contributed by atoms with Gasteiger partial charge in [-0.2, -0.15) is 0 Å². The first kappa shape index (κ1) is 16.3. The van der Waals surface area contributed by atoms with Gasteiger partial charge in [-0.15, -0.1) is 0 Å². The highest BCUT2D eigenvalue weighted by Gasteiger charge is 2.15. The van der Waals surface area contributed by atoms with Crippen molar-refractivity contribution >= 4 is 5.91 Å². The number of carbonyl (C=O) groups is 1. The zero-order valence-corrected chi connectivity index (χ0v) is 13.9. The number of nitrogens with one attached hydrogen (secondary N) is 1. The minimum Gasteiger partial charge on any atom is -0.350 e. The number of benzene rings is 2. The maximum Gasteiger partial charge on any atom is 0.221 e. The summed E-state index contributed by atoms with van der Waals surface area (Å²) in [7, 11) is 0. The van der Waals surface area contributed by atoms with E-state index in [1.54, 1.807) is 0 Å². The molecule has 0 aliphatic carbocycles. The molecule has 1 amide bonds. The number of aryl methyl sites for hydroxylation is 2. The Morgan fingerprint density at radius 3 is 2.41 bits per heavy atom. The molecule has 0 spiro atoms. The van der Waals surface area contributed by atoms with Gasteiger partial charge in [-0.3, -0.25) is 4.79 Å². The average Bonchev–Trinajstić information content (AvgIpc) is 2.50. The smallest absolute Gasteiger partial charge is 0.221 e. The zero-order chi connectivity index (χ0) is 16.1. The van der Waals surface area contributed by atoms with Crippen LogP contribution in [0.25, 0.3) is 0 Å². The molecule has 0 aliphatic heterocycles. The quantitative estimate of drug-likeness (QED) is 0.853. The molecule has 0 fully saturated rings. The van der Waals surface area contributed by atoms with Crippen molar-refractivity contribution in [1.29, 1.82) is 0 Å². The molecule has 0 aliphatic rings. The van der Waals surface area contributed by atoms with Crippen LogP contribution in [0.5, 0.6) is 0 Å². The minimum absolute atomic E-state index is 0.0374. The standard InChI is InChI=1S/C20H25NO/c1-14-10-11-15(2)19(12-14)17(4)21-20(22)13-16(3)18-8-6-5-7-9-18/h5-12,16-17H,13H2,1-4H3,(H,21,22). The fourth-order valence-electron chi connectivity index (χ4n) is 2.78. The highest BCUT2D eigenvalue weighted by atomic mass is 16.1. The highest BCUT2D eigenvalue weighted by molar-refractivity contribution is 5.77. The summed E-state index contributed by atoms with van der Waals surface area (Å²) >= 11 is 0. The van der Waals surface area contributed by atoms with Crippen LogP contribution in [0.1, 0.15) is 54.5 Å². The van der Waals surface area contributed by atoms with Gasteiger partial charge >= 0.3 is 0 Å². The second kappa shape index (κ2) is 7.26. The molecular formula is C20H25NO. The summed E-state index contributed by atoms with van der Waals surface area (Å²) in [5.74, 6) is 0.330. The minimum atomic E-state index is 0.0374. The predicted octanol–water partition coefficient (Wildman–Crippen LogP) is 4.67. The summed E-state index contributed by atoms with van der Waals surface area (Å²) in [6.45, 7) is 8.31. The van der Waals surface area contributed by atoms with Crippen molar-refractivity contribution in [2.45, 2.75) is 46.1 Å². The van der Waals surface area contributed by atoms with Crippen LogP contribution in [0, 0.1) is 13.8 Å². The number of rotatable bonds is 5. The Hall–Kier alpha value is -2.09. The summed E-state index contributed by atoms with van der Waals surface area (Å²) in [5.41, 5.74) is 4.84. The van der Waals surface area contributed by atoms with Crippen molar-refractivity contribution in [2.75, 3.05) is 0 Å². The first-order valence-corrected chi connectivity index (χ1v) is 7.89. The normalized spacial score (nSPS) is 13.5. The lowest BCUT2D eigenvalue weighted by Gasteiger charge is -2.19. The van der Waals surface area contributed by atoms with E-state index in [1.165, 1.54) is 22.3 Å². The lowest BCUT2D eigenvalue weighted by atomic mass is 9.96. The molecule has 2 unspecified atom stereocenters. The third-order valence-corrected chi connectivity index (χ3v) is 4.14. The van der Waals surface area contributed by atoms with Crippen LogP contribution < -0.4 is 5.32 Å². The van der Waals surface area contributed by atoms with Crippen molar-refractivity contribution in [2.24, 2.45) is 0 Å². The molecule has 0 saturated carbocycles. The summed E-state index contributed by atoms with van der Waals surface area (Å²) in [5, 5.41) is 3.13. The van der Waals surface area contributed by atoms with E-state index in [4.69, 9.17) is 0 Å². The molecule has 2 atom stereocenters. The maximum absolute atomic E-state index is 12.3. The Bertz CT molecular complexity index is 633. The van der Waals surface area contributed by atoms with Crippen LogP contribution in [0.15, 0.2) is 48.5 Å². The Kier molecular flexibility index (Phi) is 5.37. The topological polar surface area (TPSA) is 29.1 Å². The molecule has 2 heteroatoms. The number of carbonyl (C=O) groups excluding carboxylic acids is 1. The van der Waals surface area contributed by atoms with Crippen molar-refractivity contribution < 1.29 is 4.79 Å². The summed E-state index contributed by atoms with van der Waals surface area (Å²) in [6.07, 6.45) is 0.513. The fraction of sp³-hybridized carbons (Fsp3) is 0.350. The van der Waals surface area contributed by atoms with Gasteiger partial charge < -0.3 is 5.32 Å². The van der Waals surface area contributed by atoms with E-state index in [0.29, 0.717) is 6.42 Å². The molecule has 1 N–H and O–H groups in total. The molecule has 2 aromatic carbocycles. The molecule has 2 aromatic rings. The SMILES string of the molecule is Cc1ccc(C)c(C(C)NC(=O)CC(C)c2ccccc2)c1. The van der Waals surface area contributed by atoms with Gasteiger partial charge in [0.1, 0.15) is 0 Å². The van der Waals surface area contributed by atoms with Crippen molar-refractivity contribution in [1.82, 2.24) is 5.32 Å². The molecule has 2 nitrogen and oxygen atoms in total.